The zero-order valence-electron chi connectivity index (χ0n) is 20.2. The van der Waals surface area contributed by atoms with E-state index in [4.69, 9.17) is 21.1 Å². The number of hydrogen-bond donors (Lipinski definition) is 1. The highest BCUT2D eigenvalue weighted by atomic mass is 35.5. The summed E-state index contributed by atoms with van der Waals surface area (Å²) in [6.45, 7) is 13.1. The average molecular weight is 469 g/mol. The Bertz CT molecular complexity index is 776. The fourth-order valence-electron chi connectivity index (χ4n) is 3.19. The molecule has 0 aromatic heterocycles. The molecule has 0 aliphatic rings. The Hall–Kier alpha value is -2.28. The van der Waals surface area contributed by atoms with E-state index in [-0.39, 0.29) is 31.4 Å². The third-order valence-electron chi connectivity index (χ3n) is 4.48. The van der Waals surface area contributed by atoms with Crippen LogP contribution < -0.4 is 5.32 Å². The summed E-state index contributed by atoms with van der Waals surface area (Å²) in [6, 6.07) is 5.88. The van der Waals surface area contributed by atoms with Gasteiger partial charge in [0.1, 0.15) is 11.6 Å². The predicted octanol–water partition coefficient (Wildman–Crippen LogP) is 4.60. The maximum atomic E-state index is 13.4. The van der Waals surface area contributed by atoms with Crippen LogP contribution in [0.4, 0.5) is 4.79 Å². The number of rotatable bonds is 10. The van der Waals surface area contributed by atoms with Crippen molar-refractivity contribution >= 4 is 29.6 Å². The van der Waals surface area contributed by atoms with Gasteiger partial charge in [0.15, 0.2) is 0 Å². The third-order valence-corrected chi connectivity index (χ3v) is 4.85. The molecule has 0 aliphatic heterocycles. The molecule has 8 heteroatoms. The van der Waals surface area contributed by atoms with Gasteiger partial charge in [-0.2, -0.15) is 0 Å². The van der Waals surface area contributed by atoms with Crippen LogP contribution in [0.3, 0.4) is 0 Å². The lowest BCUT2D eigenvalue weighted by Crippen LogP contribution is -2.53. The Morgan fingerprint density at radius 1 is 1.12 bits per heavy atom. The third kappa shape index (κ3) is 9.90. The number of carbonyl (C=O) groups excluding carboxylic acids is 3. The topological polar surface area (TPSA) is 84.9 Å². The highest BCUT2D eigenvalue weighted by Crippen LogP contribution is 2.20. The lowest BCUT2D eigenvalue weighted by Gasteiger charge is -2.34. The van der Waals surface area contributed by atoms with Gasteiger partial charge in [0.25, 0.3) is 0 Å². The predicted molar refractivity (Wildman–Crippen MR) is 126 cm³/mol. The highest BCUT2D eigenvalue weighted by molar-refractivity contribution is 6.31. The number of nitrogens with one attached hydrogen (secondary N) is 1. The second-order valence-electron chi connectivity index (χ2n) is 9.26. The van der Waals surface area contributed by atoms with Gasteiger partial charge >= 0.3 is 12.1 Å². The second kappa shape index (κ2) is 12.7. The van der Waals surface area contributed by atoms with E-state index in [1.165, 1.54) is 4.90 Å². The van der Waals surface area contributed by atoms with Crippen molar-refractivity contribution in [2.75, 3.05) is 13.2 Å². The molecule has 0 saturated heterocycles. The SMILES string of the molecule is CCOC(=O)[C@H](CC(C)C)N(C[C@H](C)NC(=O)OC(C)(C)C)C(=O)Cc1ccccc1Cl. The molecule has 0 radical (unpaired) electrons. The van der Waals surface area contributed by atoms with Gasteiger partial charge in [-0.25, -0.2) is 9.59 Å². The zero-order chi connectivity index (χ0) is 24.5. The number of benzene rings is 1. The zero-order valence-corrected chi connectivity index (χ0v) is 21.0. The summed E-state index contributed by atoms with van der Waals surface area (Å²) >= 11 is 6.25. The number of ether oxygens (including phenoxy) is 2. The maximum absolute atomic E-state index is 13.4. The number of amides is 2. The van der Waals surface area contributed by atoms with Crippen molar-refractivity contribution < 1.29 is 23.9 Å². The number of hydrogen-bond acceptors (Lipinski definition) is 5. The van der Waals surface area contributed by atoms with E-state index in [0.717, 1.165) is 0 Å². The summed E-state index contributed by atoms with van der Waals surface area (Å²) in [7, 11) is 0. The molecule has 0 saturated carbocycles. The summed E-state index contributed by atoms with van der Waals surface area (Å²) in [5.74, 6) is -0.582. The molecule has 32 heavy (non-hydrogen) atoms. The van der Waals surface area contributed by atoms with Gasteiger partial charge in [0, 0.05) is 17.6 Å². The first kappa shape index (κ1) is 27.8. The van der Waals surface area contributed by atoms with Crippen LogP contribution in [0, 0.1) is 5.92 Å². The molecule has 0 spiro atoms. The Balaban J connectivity index is 3.14. The summed E-state index contributed by atoms with van der Waals surface area (Å²) in [5.41, 5.74) is 0.0261. The molecule has 1 N–H and O–H groups in total. The van der Waals surface area contributed by atoms with Gasteiger partial charge in [-0.15, -0.1) is 0 Å². The standard InChI is InChI=1S/C24H37ClN2O5/c1-8-31-22(29)20(13-16(2)3)27(15-17(4)26-23(30)32-24(5,6)7)21(28)14-18-11-9-10-12-19(18)25/h9-12,16-17,20H,8,13-15H2,1-7H3,(H,26,30)/t17-,20-/m0/s1. The molecule has 1 aromatic carbocycles. The molecule has 1 rings (SSSR count). The van der Waals surface area contributed by atoms with Gasteiger partial charge in [0.05, 0.1) is 13.0 Å². The van der Waals surface area contributed by atoms with Crippen molar-refractivity contribution in [2.45, 2.75) is 79.0 Å². The van der Waals surface area contributed by atoms with Crippen LogP contribution in [0.1, 0.15) is 60.5 Å². The Morgan fingerprint density at radius 3 is 2.28 bits per heavy atom. The Kier molecular flexibility index (Phi) is 11.0. The van der Waals surface area contributed by atoms with Crippen molar-refractivity contribution in [3.05, 3.63) is 34.9 Å². The van der Waals surface area contributed by atoms with Crippen LogP contribution >= 0.6 is 11.6 Å². The van der Waals surface area contributed by atoms with Crippen LogP contribution in [0.25, 0.3) is 0 Å². The minimum absolute atomic E-state index is 0.0346. The first-order chi connectivity index (χ1) is 14.8. The molecular weight excluding hydrogens is 432 g/mol. The minimum atomic E-state index is -0.771. The molecule has 0 aliphatic carbocycles. The molecular formula is C24H37ClN2O5. The van der Waals surface area contributed by atoms with E-state index in [1.54, 1.807) is 52.8 Å². The smallest absolute Gasteiger partial charge is 0.407 e. The highest BCUT2D eigenvalue weighted by Gasteiger charge is 2.33. The number of carbonyl (C=O) groups is 3. The first-order valence-corrected chi connectivity index (χ1v) is 11.4. The van der Waals surface area contributed by atoms with E-state index in [0.29, 0.717) is 17.0 Å². The van der Waals surface area contributed by atoms with Crippen LogP contribution in [-0.4, -0.2) is 53.7 Å². The molecule has 2 amide bonds. The van der Waals surface area contributed by atoms with Crippen LogP contribution in [0.2, 0.25) is 5.02 Å². The van der Waals surface area contributed by atoms with E-state index >= 15 is 0 Å². The van der Waals surface area contributed by atoms with Crippen molar-refractivity contribution in [3.8, 4) is 0 Å². The molecule has 0 unspecified atom stereocenters. The lowest BCUT2D eigenvalue weighted by atomic mass is 10.0. The largest absolute Gasteiger partial charge is 0.464 e. The quantitative estimate of drug-likeness (QED) is 0.507. The maximum Gasteiger partial charge on any atom is 0.407 e. The van der Waals surface area contributed by atoms with Gasteiger partial charge in [0.2, 0.25) is 5.91 Å². The Labute approximate surface area is 196 Å². The molecule has 0 fully saturated rings. The number of esters is 1. The van der Waals surface area contributed by atoms with E-state index in [9.17, 15) is 14.4 Å². The van der Waals surface area contributed by atoms with Crippen LogP contribution in [-0.2, 0) is 25.5 Å². The summed E-state index contributed by atoms with van der Waals surface area (Å²) in [4.78, 5) is 39.8. The average Bonchev–Trinajstić information content (AvgIpc) is 2.64. The summed E-state index contributed by atoms with van der Waals surface area (Å²) in [6.07, 6.45) is -0.112. The van der Waals surface area contributed by atoms with Gasteiger partial charge in [-0.1, -0.05) is 43.6 Å². The van der Waals surface area contributed by atoms with E-state index in [2.05, 4.69) is 5.32 Å². The van der Waals surface area contributed by atoms with Gasteiger partial charge < -0.3 is 19.7 Å². The Morgan fingerprint density at radius 2 is 1.75 bits per heavy atom. The fourth-order valence-corrected chi connectivity index (χ4v) is 3.40. The molecule has 7 nitrogen and oxygen atoms in total. The molecule has 2 atom stereocenters. The number of halogens is 1. The number of nitrogens with zero attached hydrogens (tertiary/aromatic N) is 1. The normalized spacial score (nSPS) is 13.3. The van der Waals surface area contributed by atoms with E-state index in [1.807, 2.05) is 19.9 Å². The van der Waals surface area contributed by atoms with Crippen LogP contribution in [0.15, 0.2) is 24.3 Å². The van der Waals surface area contributed by atoms with Gasteiger partial charge in [-0.3, -0.25) is 4.79 Å². The monoisotopic (exact) mass is 468 g/mol. The first-order valence-electron chi connectivity index (χ1n) is 11.0. The second-order valence-corrected chi connectivity index (χ2v) is 9.67. The fraction of sp³-hybridized carbons (Fsp3) is 0.625. The van der Waals surface area contributed by atoms with Crippen molar-refractivity contribution in [1.82, 2.24) is 10.2 Å². The van der Waals surface area contributed by atoms with Crippen molar-refractivity contribution in [3.63, 3.8) is 0 Å². The minimum Gasteiger partial charge on any atom is -0.464 e. The molecule has 0 heterocycles. The molecule has 0 bridgehead atoms. The summed E-state index contributed by atoms with van der Waals surface area (Å²) < 4.78 is 10.6. The van der Waals surface area contributed by atoms with E-state index < -0.39 is 29.7 Å². The van der Waals surface area contributed by atoms with Gasteiger partial charge in [-0.05, 0) is 58.6 Å². The molecule has 180 valence electrons. The van der Waals surface area contributed by atoms with Crippen molar-refractivity contribution in [1.29, 1.82) is 0 Å². The van der Waals surface area contributed by atoms with Crippen molar-refractivity contribution in [2.24, 2.45) is 5.92 Å². The van der Waals surface area contributed by atoms with Crippen LogP contribution in [0.5, 0.6) is 0 Å². The number of alkyl carbamates (subject to hydrolysis) is 1. The lowest BCUT2D eigenvalue weighted by molar-refractivity contribution is -0.155. The molecule has 1 aromatic rings. The summed E-state index contributed by atoms with van der Waals surface area (Å²) in [5, 5.41) is 3.23.